The molecule has 0 bridgehead atoms. The van der Waals surface area contributed by atoms with Crippen LogP contribution in [0.5, 0.6) is 0 Å². The summed E-state index contributed by atoms with van der Waals surface area (Å²) in [7, 11) is 0. The lowest BCUT2D eigenvalue weighted by atomic mass is 9.96. The summed E-state index contributed by atoms with van der Waals surface area (Å²) in [6.07, 6.45) is 4.02. The number of rotatable bonds is 7. The van der Waals surface area contributed by atoms with Gasteiger partial charge in [-0.15, -0.1) is 12.4 Å². The Morgan fingerprint density at radius 3 is 2.56 bits per heavy atom. The molecule has 5 nitrogen and oxygen atoms in total. The van der Waals surface area contributed by atoms with Crippen LogP contribution in [0.1, 0.15) is 37.3 Å². The van der Waals surface area contributed by atoms with Crippen LogP contribution < -0.4 is 11.1 Å². The predicted molar refractivity (Wildman–Crippen MR) is 103 cm³/mol. The van der Waals surface area contributed by atoms with Crippen LogP contribution in [0.4, 0.5) is 0 Å². The van der Waals surface area contributed by atoms with Crippen molar-refractivity contribution in [3.63, 3.8) is 0 Å². The first-order valence-corrected chi connectivity index (χ1v) is 8.97. The molecule has 3 N–H and O–H groups in total. The molecule has 6 heteroatoms. The maximum absolute atomic E-state index is 12.5. The zero-order valence-electron chi connectivity index (χ0n) is 15.0. The molecule has 0 aromatic heterocycles. The number of amides is 2. The van der Waals surface area contributed by atoms with Crippen LogP contribution in [0, 0.1) is 5.92 Å². The number of nitrogens with zero attached hydrogens (tertiary/aromatic N) is 1. The average molecular weight is 368 g/mol. The van der Waals surface area contributed by atoms with E-state index in [0.717, 1.165) is 32.2 Å². The highest BCUT2D eigenvalue weighted by Gasteiger charge is 2.27. The molecule has 2 amide bonds. The Morgan fingerprint density at radius 1 is 1.24 bits per heavy atom. The standard InChI is InChI=1S/C19H29N3O2.ClH/c1-2-15-5-7-16(8-6-15)9-10-18(23)22-13-3-4-17(14-22)19(24)21-12-11-20;/h5-8,17H,2-4,9-14,20H2,1H3,(H,21,24);1H. The van der Waals surface area contributed by atoms with Crippen molar-refractivity contribution in [3.8, 4) is 0 Å². The van der Waals surface area contributed by atoms with Gasteiger partial charge in [0.25, 0.3) is 0 Å². The summed E-state index contributed by atoms with van der Waals surface area (Å²) < 4.78 is 0. The molecule has 1 unspecified atom stereocenters. The maximum atomic E-state index is 12.5. The summed E-state index contributed by atoms with van der Waals surface area (Å²) >= 11 is 0. The van der Waals surface area contributed by atoms with Crippen molar-refractivity contribution in [3.05, 3.63) is 35.4 Å². The molecule has 0 saturated carbocycles. The number of hydrogen-bond acceptors (Lipinski definition) is 3. The summed E-state index contributed by atoms with van der Waals surface area (Å²) in [5.74, 6) is 0.0667. The van der Waals surface area contributed by atoms with Gasteiger partial charge >= 0.3 is 0 Å². The van der Waals surface area contributed by atoms with Crippen molar-refractivity contribution in [2.45, 2.75) is 39.0 Å². The van der Waals surface area contributed by atoms with E-state index in [4.69, 9.17) is 5.73 Å². The Morgan fingerprint density at radius 2 is 1.92 bits per heavy atom. The molecular formula is C19H30ClN3O2. The van der Waals surface area contributed by atoms with Gasteiger partial charge in [0.1, 0.15) is 0 Å². The fourth-order valence-electron chi connectivity index (χ4n) is 3.11. The van der Waals surface area contributed by atoms with Gasteiger partial charge in [-0.1, -0.05) is 31.2 Å². The van der Waals surface area contributed by atoms with Gasteiger partial charge in [-0.05, 0) is 36.8 Å². The molecule has 0 aliphatic carbocycles. The molecule has 1 aromatic carbocycles. The van der Waals surface area contributed by atoms with Crippen LogP contribution in [0.25, 0.3) is 0 Å². The molecule has 1 aliphatic heterocycles. The first kappa shape index (κ1) is 21.5. The number of nitrogens with one attached hydrogen (secondary N) is 1. The minimum atomic E-state index is -0.0990. The highest BCUT2D eigenvalue weighted by Crippen LogP contribution is 2.18. The van der Waals surface area contributed by atoms with Crippen LogP contribution in [0.2, 0.25) is 0 Å². The molecule has 0 spiro atoms. The summed E-state index contributed by atoms with van der Waals surface area (Å²) in [5.41, 5.74) is 7.92. The average Bonchev–Trinajstić information content (AvgIpc) is 2.64. The zero-order chi connectivity index (χ0) is 17.4. The number of nitrogens with two attached hydrogens (primary N) is 1. The largest absolute Gasteiger partial charge is 0.355 e. The Bertz CT molecular complexity index is 548. The number of piperidine rings is 1. The third kappa shape index (κ3) is 6.67. The maximum Gasteiger partial charge on any atom is 0.224 e. The second kappa shape index (κ2) is 11.1. The van der Waals surface area contributed by atoms with E-state index in [1.54, 1.807) is 0 Å². The van der Waals surface area contributed by atoms with Crippen molar-refractivity contribution in [1.29, 1.82) is 0 Å². The lowest BCUT2D eigenvalue weighted by Crippen LogP contribution is -2.46. The molecule has 1 aromatic rings. The number of hydrogen-bond donors (Lipinski definition) is 2. The van der Waals surface area contributed by atoms with Gasteiger partial charge in [0.2, 0.25) is 11.8 Å². The van der Waals surface area contributed by atoms with Gasteiger partial charge in [-0.3, -0.25) is 9.59 Å². The lowest BCUT2D eigenvalue weighted by Gasteiger charge is -2.32. The van der Waals surface area contributed by atoms with Gasteiger partial charge < -0.3 is 16.0 Å². The topological polar surface area (TPSA) is 75.4 Å². The van der Waals surface area contributed by atoms with E-state index < -0.39 is 0 Å². The third-order valence-electron chi connectivity index (χ3n) is 4.65. The number of aryl methyl sites for hydroxylation is 2. The molecule has 25 heavy (non-hydrogen) atoms. The van der Waals surface area contributed by atoms with E-state index in [2.05, 4.69) is 36.5 Å². The highest BCUT2D eigenvalue weighted by molar-refractivity contribution is 5.85. The van der Waals surface area contributed by atoms with Gasteiger partial charge in [0.15, 0.2) is 0 Å². The van der Waals surface area contributed by atoms with Crippen molar-refractivity contribution in [2.24, 2.45) is 11.7 Å². The normalized spacial score (nSPS) is 16.9. The number of benzene rings is 1. The number of carbonyl (C=O) groups excluding carboxylic acids is 2. The van der Waals surface area contributed by atoms with Crippen LogP contribution in [-0.2, 0) is 22.4 Å². The molecule has 2 rings (SSSR count). The quantitative estimate of drug-likeness (QED) is 0.773. The Balaban J connectivity index is 0.00000312. The van der Waals surface area contributed by atoms with E-state index in [1.807, 2.05) is 4.90 Å². The minimum Gasteiger partial charge on any atom is -0.355 e. The van der Waals surface area contributed by atoms with Crippen LogP contribution >= 0.6 is 12.4 Å². The third-order valence-corrected chi connectivity index (χ3v) is 4.65. The van der Waals surface area contributed by atoms with Crippen LogP contribution in [0.3, 0.4) is 0 Å². The van der Waals surface area contributed by atoms with E-state index in [1.165, 1.54) is 11.1 Å². The summed E-state index contributed by atoms with van der Waals surface area (Å²) in [5, 5.41) is 2.83. The zero-order valence-corrected chi connectivity index (χ0v) is 15.8. The minimum absolute atomic E-state index is 0. The van der Waals surface area contributed by atoms with Gasteiger partial charge in [0, 0.05) is 32.6 Å². The molecule has 1 heterocycles. The van der Waals surface area contributed by atoms with Crippen LogP contribution in [0.15, 0.2) is 24.3 Å². The Kier molecular flexibility index (Phi) is 9.53. The molecular weight excluding hydrogens is 338 g/mol. The molecule has 1 atom stereocenters. The molecule has 140 valence electrons. The van der Waals surface area contributed by atoms with Crippen molar-refractivity contribution in [2.75, 3.05) is 26.2 Å². The molecule has 1 saturated heterocycles. The van der Waals surface area contributed by atoms with Gasteiger partial charge in [-0.2, -0.15) is 0 Å². The summed E-state index contributed by atoms with van der Waals surface area (Å²) in [6.45, 7) is 4.36. The Hall–Kier alpha value is -1.59. The van der Waals surface area contributed by atoms with Crippen molar-refractivity contribution >= 4 is 24.2 Å². The van der Waals surface area contributed by atoms with E-state index in [-0.39, 0.29) is 30.1 Å². The number of halogens is 1. The molecule has 1 fully saturated rings. The second-order valence-electron chi connectivity index (χ2n) is 6.43. The SMILES string of the molecule is CCc1ccc(CCC(=O)N2CCCC(C(=O)NCCN)C2)cc1.Cl. The van der Waals surface area contributed by atoms with Crippen LogP contribution in [-0.4, -0.2) is 42.9 Å². The second-order valence-corrected chi connectivity index (χ2v) is 6.43. The fraction of sp³-hybridized carbons (Fsp3) is 0.579. The van der Waals surface area contributed by atoms with E-state index >= 15 is 0 Å². The van der Waals surface area contributed by atoms with Crippen molar-refractivity contribution < 1.29 is 9.59 Å². The van der Waals surface area contributed by atoms with E-state index in [9.17, 15) is 9.59 Å². The number of likely N-dealkylation sites (tertiary alicyclic amines) is 1. The lowest BCUT2D eigenvalue weighted by molar-refractivity contribution is -0.135. The predicted octanol–water partition coefficient (Wildman–Crippen LogP) is 1.92. The summed E-state index contributed by atoms with van der Waals surface area (Å²) in [4.78, 5) is 26.4. The Labute approximate surface area is 156 Å². The first-order valence-electron chi connectivity index (χ1n) is 8.97. The first-order chi connectivity index (χ1) is 11.6. The highest BCUT2D eigenvalue weighted by atomic mass is 35.5. The van der Waals surface area contributed by atoms with Gasteiger partial charge in [0.05, 0.1) is 5.92 Å². The molecule has 1 aliphatic rings. The van der Waals surface area contributed by atoms with E-state index in [0.29, 0.717) is 26.1 Å². The smallest absolute Gasteiger partial charge is 0.224 e. The summed E-state index contributed by atoms with van der Waals surface area (Å²) in [6, 6.07) is 8.45. The number of carbonyl (C=O) groups is 2. The van der Waals surface area contributed by atoms with Crippen molar-refractivity contribution in [1.82, 2.24) is 10.2 Å². The monoisotopic (exact) mass is 367 g/mol. The fourth-order valence-corrected chi connectivity index (χ4v) is 3.11. The molecule has 0 radical (unpaired) electrons. The van der Waals surface area contributed by atoms with Gasteiger partial charge in [-0.25, -0.2) is 0 Å².